The Labute approximate surface area is 232 Å². The van der Waals surface area contributed by atoms with Crippen LogP contribution in [0.25, 0.3) is 78.3 Å². The molecule has 0 atom stereocenters. The number of fused-ring (bicyclic) bond motifs is 5. The van der Waals surface area contributed by atoms with Crippen molar-refractivity contribution >= 4 is 10.8 Å². The molecule has 0 radical (unpaired) electrons. The fraction of sp³-hybridized carbons (Fsp3) is 0. The highest BCUT2D eigenvalue weighted by atomic mass is 15.0. The summed E-state index contributed by atoms with van der Waals surface area (Å²) in [5.41, 5.74) is 10.3. The Hall–Kier alpha value is -5.41. The fourth-order valence-corrected chi connectivity index (χ4v) is 5.89. The average Bonchev–Trinajstić information content (AvgIpc) is 3.16. The van der Waals surface area contributed by atoms with Crippen molar-refractivity contribution in [2.75, 3.05) is 0 Å². The third-order valence-electron chi connectivity index (χ3n) is 7.71. The first kappa shape index (κ1) is 22.6. The summed E-state index contributed by atoms with van der Waals surface area (Å²) in [5.74, 6) is 2.00. The van der Waals surface area contributed by atoms with Crippen molar-refractivity contribution in [3.05, 3.63) is 140 Å². The number of aromatic nitrogens is 3. The number of hydrogen-bond acceptors (Lipinski definition) is 3. The van der Waals surface area contributed by atoms with Crippen LogP contribution in [-0.2, 0) is 0 Å². The average molecular weight is 510 g/mol. The van der Waals surface area contributed by atoms with E-state index in [0.29, 0.717) is 17.5 Å². The van der Waals surface area contributed by atoms with Crippen LogP contribution in [0.4, 0.5) is 0 Å². The van der Waals surface area contributed by atoms with E-state index in [9.17, 15) is 0 Å². The number of benzene rings is 6. The molecule has 0 saturated carbocycles. The summed E-state index contributed by atoms with van der Waals surface area (Å²) in [4.78, 5) is 15.0. The quantitative estimate of drug-likeness (QED) is 0.238. The van der Waals surface area contributed by atoms with Gasteiger partial charge in [0.15, 0.2) is 17.5 Å². The lowest BCUT2D eigenvalue weighted by Gasteiger charge is -2.15. The SMILES string of the molecule is c1ccc(-c2nc(-c3ccccc3)nc(-c3ccc4c5c(cccc35)-c3ccccc3-c3ccccc3-4)n2)cc1. The molecule has 0 N–H and O–H groups in total. The van der Waals surface area contributed by atoms with Gasteiger partial charge in [0, 0.05) is 16.7 Å². The van der Waals surface area contributed by atoms with Crippen LogP contribution < -0.4 is 0 Å². The first-order valence-electron chi connectivity index (χ1n) is 13.5. The van der Waals surface area contributed by atoms with E-state index in [1.165, 1.54) is 38.8 Å². The molecule has 0 fully saturated rings. The van der Waals surface area contributed by atoms with Gasteiger partial charge in [-0.15, -0.1) is 0 Å². The van der Waals surface area contributed by atoms with E-state index >= 15 is 0 Å². The largest absolute Gasteiger partial charge is 0.208 e. The maximum atomic E-state index is 5.04. The molecule has 40 heavy (non-hydrogen) atoms. The van der Waals surface area contributed by atoms with E-state index in [0.717, 1.165) is 22.1 Å². The minimum Gasteiger partial charge on any atom is -0.208 e. The molecule has 0 aliphatic heterocycles. The maximum Gasteiger partial charge on any atom is 0.164 e. The van der Waals surface area contributed by atoms with Gasteiger partial charge in [-0.25, -0.2) is 15.0 Å². The third-order valence-corrected chi connectivity index (χ3v) is 7.71. The molecular weight excluding hydrogens is 486 g/mol. The van der Waals surface area contributed by atoms with Crippen LogP contribution in [0.5, 0.6) is 0 Å². The van der Waals surface area contributed by atoms with Crippen LogP contribution in [0.15, 0.2) is 140 Å². The second kappa shape index (κ2) is 9.11. The molecule has 0 amide bonds. The molecule has 3 heteroatoms. The minimum atomic E-state index is 0.665. The number of nitrogens with zero attached hydrogens (tertiary/aromatic N) is 3. The molecule has 186 valence electrons. The zero-order valence-electron chi connectivity index (χ0n) is 21.6. The van der Waals surface area contributed by atoms with Gasteiger partial charge >= 0.3 is 0 Å². The molecule has 1 aliphatic carbocycles. The van der Waals surface area contributed by atoms with Gasteiger partial charge in [-0.05, 0) is 50.2 Å². The normalized spacial score (nSPS) is 11.5. The molecular formula is C37H23N3. The van der Waals surface area contributed by atoms with E-state index < -0.39 is 0 Å². The van der Waals surface area contributed by atoms with Gasteiger partial charge < -0.3 is 0 Å². The van der Waals surface area contributed by atoms with Crippen LogP contribution >= 0.6 is 0 Å². The van der Waals surface area contributed by atoms with Crippen molar-refractivity contribution in [1.82, 2.24) is 15.0 Å². The molecule has 1 aromatic heterocycles. The summed E-state index contributed by atoms with van der Waals surface area (Å²) in [7, 11) is 0. The highest BCUT2D eigenvalue weighted by Crippen LogP contribution is 2.48. The molecule has 6 aromatic carbocycles. The van der Waals surface area contributed by atoms with Crippen LogP contribution in [0.1, 0.15) is 0 Å². The predicted octanol–water partition coefficient (Wildman–Crippen LogP) is 9.34. The van der Waals surface area contributed by atoms with Crippen LogP contribution in [0.2, 0.25) is 0 Å². The molecule has 0 unspecified atom stereocenters. The summed E-state index contributed by atoms with van der Waals surface area (Å²) in [5, 5.41) is 2.35. The van der Waals surface area contributed by atoms with Gasteiger partial charge in [0.05, 0.1) is 0 Å². The van der Waals surface area contributed by atoms with Crippen molar-refractivity contribution in [1.29, 1.82) is 0 Å². The van der Waals surface area contributed by atoms with Crippen LogP contribution in [-0.4, -0.2) is 15.0 Å². The smallest absolute Gasteiger partial charge is 0.164 e. The minimum absolute atomic E-state index is 0.665. The summed E-state index contributed by atoms with van der Waals surface area (Å²) < 4.78 is 0. The Morgan fingerprint density at radius 2 is 0.675 bits per heavy atom. The van der Waals surface area contributed by atoms with Crippen molar-refractivity contribution < 1.29 is 0 Å². The highest BCUT2D eigenvalue weighted by molar-refractivity contribution is 6.16. The Morgan fingerprint density at radius 3 is 1.23 bits per heavy atom. The van der Waals surface area contributed by atoms with E-state index in [4.69, 9.17) is 15.0 Å². The molecule has 0 spiro atoms. The zero-order valence-corrected chi connectivity index (χ0v) is 21.6. The Kier molecular flexibility index (Phi) is 5.14. The van der Waals surface area contributed by atoms with Gasteiger partial charge in [-0.3, -0.25) is 0 Å². The topological polar surface area (TPSA) is 38.7 Å². The second-order valence-electron chi connectivity index (χ2n) is 10.0. The summed E-state index contributed by atoms with van der Waals surface area (Å²) in [6.45, 7) is 0. The monoisotopic (exact) mass is 509 g/mol. The Balaban J connectivity index is 1.44. The van der Waals surface area contributed by atoms with E-state index in [-0.39, 0.29) is 0 Å². The van der Waals surface area contributed by atoms with Gasteiger partial charge in [-0.2, -0.15) is 0 Å². The first-order chi connectivity index (χ1) is 19.8. The van der Waals surface area contributed by atoms with E-state index in [1.807, 2.05) is 60.7 Å². The summed E-state index contributed by atoms with van der Waals surface area (Å²) >= 11 is 0. The summed E-state index contributed by atoms with van der Waals surface area (Å²) in [6, 6.07) is 48.7. The Morgan fingerprint density at radius 1 is 0.275 bits per heavy atom. The lowest BCUT2D eigenvalue weighted by Crippen LogP contribution is -2.00. The van der Waals surface area contributed by atoms with E-state index in [1.54, 1.807) is 0 Å². The lowest BCUT2D eigenvalue weighted by atomic mass is 9.91. The van der Waals surface area contributed by atoms with E-state index in [2.05, 4.69) is 78.9 Å². The second-order valence-corrected chi connectivity index (χ2v) is 10.0. The maximum absolute atomic E-state index is 5.04. The molecule has 1 aliphatic rings. The van der Waals surface area contributed by atoms with Crippen LogP contribution in [0, 0.1) is 0 Å². The molecule has 8 rings (SSSR count). The molecule has 3 nitrogen and oxygen atoms in total. The van der Waals surface area contributed by atoms with Crippen molar-refractivity contribution in [2.24, 2.45) is 0 Å². The summed E-state index contributed by atoms with van der Waals surface area (Å²) in [6.07, 6.45) is 0. The number of rotatable bonds is 3. The van der Waals surface area contributed by atoms with Gasteiger partial charge in [0.25, 0.3) is 0 Å². The fourth-order valence-electron chi connectivity index (χ4n) is 5.89. The standard InChI is InChI=1S/C37H23N3/c1-3-12-24(13-4-1)35-38-36(25-14-5-2-6-15-25)40-37(39-35)33-23-22-32-29-19-10-8-17-27(29)26-16-7-9-18-28(26)30-20-11-21-31(33)34(30)32/h1-23H. The Bertz CT molecular complexity index is 1940. The molecule has 0 saturated heterocycles. The van der Waals surface area contributed by atoms with Gasteiger partial charge in [0.1, 0.15) is 0 Å². The van der Waals surface area contributed by atoms with Gasteiger partial charge in [-0.1, -0.05) is 133 Å². The first-order valence-corrected chi connectivity index (χ1v) is 13.5. The lowest BCUT2D eigenvalue weighted by molar-refractivity contribution is 1.08. The third kappa shape index (κ3) is 3.56. The highest BCUT2D eigenvalue weighted by Gasteiger charge is 2.23. The van der Waals surface area contributed by atoms with Gasteiger partial charge in [0.2, 0.25) is 0 Å². The van der Waals surface area contributed by atoms with Crippen molar-refractivity contribution in [2.45, 2.75) is 0 Å². The predicted molar refractivity (Wildman–Crippen MR) is 164 cm³/mol. The van der Waals surface area contributed by atoms with Crippen molar-refractivity contribution in [3.8, 4) is 67.5 Å². The molecule has 7 aromatic rings. The zero-order chi connectivity index (χ0) is 26.5. The van der Waals surface area contributed by atoms with Crippen LogP contribution in [0.3, 0.4) is 0 Å². The molecule has 0 bridgehead atoms. The molecule has 1 heterocycles. The number of hydrogen-bond donors (Lipinski definition) is 0. The van der Waals surface area contributed by atoms with Crippen molar-refractivity contribution in [3.63, 3.8) is 0 Å².